The molecule has 0 aliphatic carbocycles. The molecule has 0 unspecified atom stereocenters. The molecule has 0 aromatic carbocycles. The van der Waals surface area contributed by atoms with Crippen molar-refractivity contribution < 1.29 is 29.6 Å². The summed E-state index contributed by atoms with van der Waals surface area (Å²) in [4.78, 5) is 1.84. The van der Waals surface area contributed by atoms with Gasteiger partial charge in [-0.1, -0.05) is 4.32 Å². The quantitative estimate of drug-likeness (QED) is 0.241. The van der Waals surface area contributed by atoms with Crippen molar-refractivity contribution >= 4 is 29.2 Å². The molecule has 0 heterocycles. The molecule has 42 valence electrons. The molecule has 0 saturated carbocycles. The molecule has 4 heteroatoms. The summed E-state index contributed by atoms with van der Waals surface area (Å²) in [7, 11) is 1.88. The van der Waals surface area contributed by atoms with Crippen LogP contribution in [0.3, 0.4) is 0 Å². The van der Waals surface area contributed by atoms with Crippen LogP contribution < -0.4 is 29.6 Å². The smallest absolute Gasteiger partial charge is 0.411 e. The Balaban J connectivity index is 0. The maximum atomic E-state index is 4.66. The molecule has 0 aromatic rings. The molecule has 0 aliphatic rings. The van der Waals surface area contributed by atoms with Crippen LogP contribution in [0.1, 0.15) is 6.92 Å². The molecule has 0 atom stereocenters. The third-order valence-corrected chi connectivity index (χ3v) is 1.41. The molecular formula is C4H8NNaS2. The summed E-state index contributed by atoms with van der Waals surface area (Å²) >= 11 is 9.32. The van der Waals surface area contributed by atoms with Crippen LogP contribution in [0.25, 0.3) is 0 Å². The second-order valence-corrected chi connectivity index (χ2v) is 2.31. The first kappa shape index (κ1) is 11.9. The van der Waals surface area contributed by atoms with Crippen molar-refractivity contribution in [3.63, 3.8) is 0 Å². The maximum Gasteiger partial charge on any atom is 1.00 e. The number of thiocarbonyl (C=S) groups is 1. The predicted molar refractivity (Wildman–Crippen MR) is 38.3 cm³/mol. The van der Waals surface area contributed by atoms with Gasteiger partial charge in [-0.2, -0.15) is 0 Å². The largest absolute Gasteiger partial charge is 1.00 e. The first-order valence-corrected chi connectivity index (χ1v) is 2.92. The molecule has 0 aromatic heterocycles. The Bertz CT molecular complexity index is 76.4. The van der Waals surface area contributed by atoms with Crippen molar-refractivity contribution in [1.82, 2.24) is 4.90 Å². The van der Waals surface area contributed by atoms with E-state index < -0.39 is 0 Å². The van der Waals surface area contributed by atoms with E-state index in [4.69, 9.17) is 0 Å². The number of hydrogen-bond acceptors (Lipinski definition) is 2. The van der Waals surface area contributed by atoms with Gasteiger partial charge in [-0.25, -0.2) is 0 Å². The summed E-state index contributed by atoms with van der Waals surface area (Å²) in [6, 6.07) is 0. The van der Waals surface area contributed by atoms with Crippen molar-refractivity contribution in [2.24, 2.45) is 0 Å². The van der Waals surface area contributed by atoms with Crippen LogP contribution in [-0.4, -0.2) is 22.8 Å². The van der Waals surface area contributed by atoms with Gasteiger partial charge < -0.3 is 29.7 Å². The standard InChI is InChI=1S/C4H9NS2.Na/c1-3-5(2)4(6)7;/h3H2,1-2H3,(H,6,7);/q;+1/p-1. The minimum Gasteiger partial charge on any atom is -0.411 e. The number of hydrogen-bond donors (Lipinski definition) is 0. The molecule has 0 fully saturated rings. The molecule has 0 spiro atoms. The third-order valence-electron chi connectivity index (χ3n) is 0.786. The molecule has 0 saturated heterocycles. The Labute approximate surface area is 83.5 Å². The van der Waals surface area contributed by atoms with Crippen LogP contribution >= 0.6 is 12.2 Å². The Morgan fingerprint density at radius 3 is 2.12 bits per heavy atom. The van der Waals surface area contributed by atoms with E-state index in [1.807, 2.05) is 18.9 Å². The van der Waals surface area contributed by atoms with E-state index in [1.165, 1.54) is 0 Å². The van der Waals surface area contributed by atoms with E-state index >= 15 is 0 Å². The van der Waals surface area contributed by atoms with Crippen LogP contribution in [0.15, 0.2) is 0 Å². The van der Waals surface area contributed by atoms with Crippen molar-refractivity contribution in [2.45, 2.75) is 6.92 Å². The predicted octanol–water partition coefficient (Wildman–Crippen LogP) is -2.23. The van der Waals surface area contributed by atoms with Gasteiger partial charge in [0.25, 0.3) is 0 Å². The summed E-state index contributed by atoms with van der Waals surface area (Å²) < 4.78 is 0.544. The van der Waals surface area contributed by atoms with Crippen molar-refractivity contribution in [3.8, 4) is 0 Å². The summed E-state index contributed by atoms with van der Waals surface area (Å²) in [5.74, 6) is 0. The Hall–Kier alpha value is 1.11. The summed E-state index contributed by atoms with van der Waals surface area (Å²) in [5.41, 5.74) is 0. The molecular weight excluding hydrogens is 149 g/mol. The van der Waals surface area contributed by atoms with Crippen molar-refractivity contribution in [2.75, 3.05) is 13.6 Å². The second kappa shape index (κ2) is 6.23. The van der Waals surface area contributed by atoms with E-state index in [9.17, 15) is 0 Å². The van der Waals surface area contributed by atoms with Crippen LogP contribution in [0.2, 0.25) is 0 Å². The average molecular weight is 157 g/mol. The van der Waals surface area contributed by atoms with Crippen molar-refractivity contribution in [1.29, 1.82) is 0 Å². The minimum atomic E-state index is 0. The van der Waals surface area contributed by atoms with Gasteiger partial charge in [0.2, 0.25) is 0 Å². The Morgan fingerprint density at radius 1 is 1.75 bits per heavy atom. The molecule has 0 N–H and O–H groups in total. The maximum absolute atomic E-state index is 4.66. The molecule has 0 bridgehead atoms. The first-order valence-electron chi connectivity index (χ1n) is 2.10. The van der Waals surface area contributed by atoms with Crippen LogP contribution in [0.5, 0.6) is 0 Å². The fourth-order valence-electron chi connectivity index (χ4n) is 0.129. The normalized spacial score (nSPS) is 7.25. The van der Waals surface area contributed by atoms with Gasteiger partial charge in [-0.3, -0.25) is 0 Å². The van der Waals surface area contributed by atoms with Crippen LogP contribution in [0.4, 0.5) is 0 Å². The zero-order valence-electron chi connectivity index (χ0n) is 5.47. The molecule has 0 rings (SSSR count). The fourth-order valence-corrected chi connectivity index (χ4v) is 0.387. The van der Waals surface area contributed by atoms with E-state index in [2.05, 4.69) is 24.8 Å². The van der Waals surface area contributed by atoms with Gasteiger partial charge in [-0.15, -0.1) is 0 Å². The van der Waals surface area contributed by atoms with Crippen LogP contribution in [-0.2, 0) is 12.6 Å². The minimum absolute atomic E-state index is 0. The average Bonchev–Trinajstić information content (AvgIpc) is 1.65. The van der Waals surface area contributed by atoms with Gasteiger partial charge in [0.05, 0.1) is 0 Å². The second-order valence-electron chi connectivity index (χ2n) is 1.28. The molecule has 8 heavy (non-hydrogen) atoms. The van der Waals surface area contributed by atoms with E-state index in [0.717, 1.165) is 6.54 Å². The Kier molecular flexibility index (Phi) is 9.24. The van der Waals surface area contributed by atoms with E-state index in [-0.39, 0.29) is 29.6 Å². The van der Waals surface area contributed by atoms with Gasteiger partial charge >= 0.3 is 29.6 Å². The Morgan fingerprint density at radius 2 is 2.12 bits per heavy atom. The molecule has 0 amide bonds. The number of nitrogens with zero attached hydrogens (tertiary/aromatic N) is 1. The molecule has 0 radical (unpaired) electrons. The van der Waals surface area contributed by atoms with Gasteiger partial charge in [0, 0.05) is 13.6 Å². The zero-order chi connectivity index (χ0) is 5.86. The summed E-state index contributed by atoms with van der Waals surface area (Å²) in [6.07, 6.45) is 0. The number of rotatable bonds is 1. The third kappa shape index (κ3) is 5.25. The summed E-state index contributed by atoms with van der Waals surface area (Å²) in [5, 5.41) is 0. The zero-order valence-corrected chi connectivity index (χ0v) is 9.10. The van der Waals surface area contributed by atoms with E-state index in [0.29, 0.717) is 4.32 Å². The van der Waals surface area contributed by atoms with Gasteiger partial charge in [0.15, 0.2) is 0 Å². The van der Waals surface area contributed by atoms with Crippen molar-refractivity contribution in [3.05, 3.63) is 0 Å². The summed E-state index contributed by atoms with van der Waals surface area (Å²) in [6.45, 7) is 2.92. The van der Waals surface area contributed by atoms with Gasteiger partial charge in [-0.05, 0) is 6.92 Å². The molecule has 1 nitrogen and oxygen atoms in total. The fraction of sp³-hybridized carbons (Fsp3) is 0.750. The monoisotopic (exact) mass is 157 g/mol. The van der Waals surface area contributed by atoms with Crippen LogP contribution in [0, 0.1) is 0 Å². The first-order chi connectivity index (χ1) is 3.18. The SMILES string of the molecule is CCN(C)C(=S)[S-].[Na+]. The van der Waals surface area contributed by atoms with Gasteiger partial charge in [0.1, 0.15) is 0 Å². The topological polar surface area (TPSA) is 3.24 Å². The molecule has 0 aliphatic heterocycles. The van der Waals surface area contributed by atoms with E-state index in [1.54, 1.807) is 0 Å².